The molecule has 0 aromatic heterocycles. The van der Waals surface area contributed by atoms with Crippen molar-refractivity contribution >= 4 is 63.7 Å². The van der Waals surface area contributed by atoms with Gasteiger partial charge >= 0.3 is 0 Å². The Bertz CT molecular complexity index is 1940. The second-order valence-corrected chi connectivity index (χ2v) is 15.6. The zero-order valence-corrected chi connectivity index (χ0v) is 32.2. The summed E-state index contributed by atoms with van der Waals surface area (Å²) in [5, 5.41) is 39.4. The van der Waals surface area contributed by atoms with E-state index >= 15 is 0 Å². The van der Waals surface area contributed by atoms with Crippen molar-refractivity contribution in [1.82, 2.24) is 0 Å². The molecule has 4 nitrogen and oxygen atoms in total. The van der Waals surface area contributed by atoms with Gasteiger partial charge in [0.15, 0.2) is 0 Å². The molecule has 0 radical (unpaired) electrons. The molecule has 8 heteroatoms. The lowest BCUT2D eigenvalue weighted by Crippen LogP contribution is -2.28. The number of phenolic OH excluding ortho intramolecular Hbond substituents is 4. The summed E-state index contributed by atoms with van der Waals surface area (Å²) in [4.78, 5) is 0. The lowest BCUT2D eigenvalue weighted by molar-refractivity contribution is 0.466. The van der Waals surface area contributed by atoms with Crippen molar-refractivity contribution in [1.29, 1.82) is 0 Å². The van der Waals surface area contributed by atoms with Gasteiger partial charge in [-0.15, -0.1) is 0 Å². The molecule has 1 aliphatic carbocycles. The third kappa shape index (κ3) is 5.98. The van der Waals surface area contributed by atoms with E-state index in [9.17, 15) is 20.4 Å². The molecule has 7 rings (SSSR count). The van der Waals surface area contributed by atoms with Gasteiger partial charge in [-0.3, -0.25) is 0 Å². The molecule has 0 spiro atoms. The summed E-state index contributed by atoms with van der Waals surface area (Å²) in [5.41, 5.74) is 8.29. The van der Waals surface area contributed by atoms with Gasteiger partial charge in [0.1, 0.15) is 23.0 Å². The zero-order valence-electron chi connectivity index (χ0n) is 25.8. The maximum atomic E-state index is 9.85. The average Bonchev–Trinajstić information content (AvgIpc) is 3.38. The molecular weight excluding hydrogens is 864 g/mol. The first-order valence-electron chi connectivity index (χ1n) is 15.0. The Hall–Kier alpha value is -3.56. The molecule has 0 heterocycles. The highest BCUT2D eigenvalue weighted by atomic mass is 79.9. The number of hydrogen-bond acceptors (Lipinski definition) is 4. The lowest BCUT2D eigenvalue weighted by atomic mass is 9.68. The standard InChI is InChI=1S/C25H18O2.C15H12Br4O2/c26-19-13-9-17(10-14-19)25(18-11-15-20(27)16-12-18)23-7-3-1-5-21(23)22-6-2-4-8-24(22)25;1-15(2,7-3-9(16)13(20)10(17)4-7)8-5-11(18)14(21)12(19)6-8/h1-16,26-27H;3-6,20-21H,1-2H3. The van der Waals surface area contributed by atoms with Crippen LogP contribution in [0, 0.1) is 0 Å². The molecule has 0 amide bonds. The normalized spacial score (nSPS) is 12.9. The van der Waals surface area contributed by atoms with Gasteiger partial charge < -0.3 is 20.4 Å². The maximum absolute atomic E-state index is 9.85. The van der Waals surface area contributed by atoms with Crippen molar-refractivity contribution in [3.8, 4) is 34.1 Å². The van der Waals surface area contributed by atoms with Crippen LogP contribution in [0.1, 0.15) is 47.2 Å². The largest absolute Gasteiger partial charge is 0.508 e. The number of benzene rings is 6. The van der Waals surface area contributed by atoms with E-state index in [1.54, 1.807) is 24.3 Å². The van der Waals surface area contributed by atoms with E-state index in [4.69, 9.17) is 0 Å². The van der Waals surface area contributed by atoms with E-state index in [0.717, 1.165) is 22.3 Å². The summed E-state index contributed by atoms with van der Waals surface area (Å²) in [7, 11) is 0. The predicted octanol–water partition coefficient (Wildman–Crippen LogP) is 11.9. The van der Waals surface area contributed by atoms with Crippen molar-refractivity contribution in [2.45, 2.75) is 24.7 Å². The summed E-state index contributed by atoms with van der Waals surface area (Å²) in [6.45, 7) is 4.17. The van der Waals surface area contributed by atoms with Gasteiger partial charge in [0, 0.05) is 5.41 Å². The summed E-state index contributed by atoms with van der Waals surface area (Å²) < 4.78 is 2.54. The van der Waals surface area contributed by atoms with E-state index in [1.165, 1.54) is 22.3 Å². The monoisotopic (exact) mass is 890 g/mol. The fourth-order valence-corrected chi connectivity index (χ4v) is 8.84. The Kier molecular flexibility index (Phi) is 9.57. The average molecular weight is 894 g/mol. The Labute approximate surface area is 313 Å². The number of halogens is 4. The van der Waals surface area contributed by atoms with Gasteiger partial charge in [-0.25, -0.2) is 0 Å². The van der Waals surface area contributed by atoms with Crippen LogP contribution in [-0.4, -0.2) is 20.4 Å². The Morgan fingerprint density at radius 3 is 1.10 bits per heavy atom. The maximum Gasteiger partial charge on any atom is 0.143 e. The van der Waals surface area contributed by atoms with Crippen LogP contribution in [0.25, 0.3) is 11.1 Å². The van der Waals surface area contributed by atoms with Gasteiger partial charge in [0.25, 0.3) is 0 Å². The molecule has 0 fully saturated rings. The van der Waals surface area contributed by atoms with Gasteiger partial charge in [-0.2, -0.15) is 0 Å². The van der Waals surface area contributed by atoms with Gasteiger partial charge in [-0.05, 0) is 157 Å². The van der Waals surface area contributed by atoms with Crippen LogP contribution >= 0.6 is 63.7 Å². The second kappa shape index (κ2) is 13.4. The van der Waals surface area contributed by atoms with Crippen molar-refractivity contribution in [2.24, 2.45) is 0 Å². The minimum atomic E-state index is -0.491. The van der Waals surface area contributed by atoms with Gasteiger partial charge in [0.2, 0.25) is 0 Å². The molecular formula is C40H30Br4O4. The molecule has 0 aliphatic heterocycles. The molecule has 6 aromatic rings. The third-order valence-electron chi connectivity index (χ3n) is 9.03. The highest BCUT2D eigenvalue weighted by Crippen LogP contribution is 2.56. The molecule has 6 aromatic carbocycles. The zero-order chi connectivity index (χ0) is 34.4. The molecule has 0 bridgehead atoms. The first-order valence-corrected chi connectivity index (χ1v) is 18.2. The second-order valence-electron chi connectivity index (χ2n) is 12.1. The summed E-state index contributed by atoms with van der Waals surface area (Å²) >= 11 is 13.5. The first kappa shape index (κ1) is 34.3. The Balaban J connectivity index is 0.000000173. The molecule has 0 saturated heterocycles. The van der Waals surface area contributed by atoms with E-state index in [-0.39, 0.29) is 28.4 Å². The third-order valence-corrected chi connectivity index (χ3v) is 11.4. The molecule has 0 unspecified atom stereocenters. The Morgan fingerprint density at radius 2 is 0.771 bits per heavy atom. The Morgan fingerprint density at radius 1 is 0.458 bits per heavy atom. The summed E-state index contributed by atoms with van der Waals surface area (Å²) in [5.74, 6) is 0.864. The molecule has 0 saturated carbocycles. The molecule has 0 atom stereocenters. The quantitative estimate of drug-likeness (QED) is 0.142. The van der Waals surface area contributed by atoms with Crippen molar-refractivity contribution in [3.63, 3.8) is 0 Å². The van der Waals surface area contributed by atoms with Crippen molar-refractivity contribution in [3.05, 3.63) is 173 Å². The van der Waals surface area contributed by atoms with Gasteiger partial charge in [-0.1, -0.05) is 86.6 Å². The minimum Gasteiger partial charge on any atom is -0.508 e. The van der Waals surface area contributed by atoms with Crippen LogP contribution in [-0.2, 0) is 10.8 Å². The van der Waals surface area contributed by atoms with Crippen LogP contribution < -0.4 is 0 Å². The summed E-state index contributed by atoms with van der Waals surface area (Å²) in [6.07, 6.45) is 0. The summed E-state index contributed by atoms with van der Waals surface area (Å²) in [6, 6.07) is 39.4. The lowest BCUT2D eigenvalue weighted by Gasteiger charge is -2.33. The van der Waals surface area contributed by atoms with E-state index in [2.05, 4.69) is 126 Å². The van der Waals surface area contributed by atoms with Crippen molar-refractivity contribution in [2.75, 3.05) is 0 Å². The first-order chi connectivity index (χ1) is 22.8. The fraction of sp³-hybridized carbons (Fsp3) is 0.100. The predicted molar refractivity (Wildman–Crippen MR) is 206 cm³/mol. The van der Waals surface area contributed by atoms with Crippen LogP contribution in [0.2, 0.25) is 0 Å². The van der Waals surface area contributed by atoms with E-state index in [0.29, 0.717) is 17.9 Å². The van der Waals surface area contributed by atoms with Crippen LogP contribution in [0.4, 0.5) is 0 Å². The SMILES string of the molecule is CC(C)(c1cc(Br)c(O)c(Br)c1)c1cc(Br)c(O)c(Br)c1.Oc1ccc(C2(c3ccc(O)cc3)c3ccccc3-c3ccccc32)cc1. The highest BCUT2D eigenvalue weighted by Gasteiger charge is 2.45. The van der Waals surface area contributed by atoms with Crippen LogP contribution in [0.15, 0.2) is 139 Å². The molecule has 242 valence electrons. The topological polar surface area (TPSA) is 80.9 Å². The van der Waals surface area contributed by atoms with Crippen molar-refractivity contribution < 1.29 is 20.4 Å². The van der Waals surface area contributed by atoms with E-state index < -0.39 is 5.41 Å². The van der Waals surface area contributed by atoms with E-state index in [1.807, 2.05) is 48.5 Å². The van der Waals surface area contributed by atoms with Crippen LogP contribution in [0.3, 0.4) is 0 Å². The minimum absolute atomic E-state index is 0.183. The smallest absolute Gasteiger partial charge is 0.143 e. The van der Waals surface area contributed by atoms with Gasteiger partial charge in [0.05, 0.1) is 23.3 Å². The molecule has 1 aliphatic rings. The fourth-order valence-electron chi connectivity index (χ4n) is 6.47. The number of phenols is 4. The number of aromatic hydroxyl groups is 4. The highest BCUT2D eigenvalue weighted by molar-refractivity contribution is 9.11. The number of fused-ring (bicyclic) bond motifs is 3. The number of hydrogen-bond donors (Lipinski definition) is 4. The molecule has 4 N–H and O–H groups in total. The van der Waals surface area contributed by atoms with Crippen LogP contribution in [0.5, 0.6) is 23.0 Å². The number of rotatable bonds is 4. The molecule has 48 heavy (non-hydrogen) atoms.